The van der Waals surface area contributed by atoms with E-state index in [-0.39, 0.29) is 0 Å². The molecule has 4 rings (SSSR count). The van der Waals surface area contributed by atoms with Crippen molar-refractivity contribution in [3.63, 3.8) is 0 Å². The Balaban J connectivity index is 1.67. The minimum atomic E-state index is 0.358. The van der Waals surface area contributed by atoms with E-state index >= 15 is 0 Å². The Kier molecular flexibility index (Phi) is 3.05. The molecule has 21 heavy (non-hydrogen) atoms. The number of aromatic amines is 1. The van der Waals surface area contributed by atoms with Gasteiger partial charge in [0, 0.05) is 37.4 Å². The lowest BCUT2D eigenvalue weighted by atomic mass is 10.0. The van der Waals surface area contributed by atoms with Gasteiger partial charge in [0.2, 0.25) is 0 Å². The average Bonchev–Trinajstić information content (AvgIpc) is 3.18. The first-order chi connectivity index (χ1) is 10.4. The first kappa shape index (κ1) is 12.3. The van der Waals surface area contributed by atoms with Crippen molar-refractivity contribution in [2.24, 2.45) is 0 Å². The lowest BCUT2D eigenvalue weighted by molar-refractivity contribution is 0.126. The third-order valence-corrected chi connectivity index (χ3v) is 4.07. The minimum Gasteiger partial charge on any atom is -0.332 e. The number of hydrogen-bond acceptors (Lipinski definition) is 3. The van der Waals surface area contributed by atoms with Crippen molar-refractivity contribution in [1.82, 2.24) is 24.6 Å². The molecule has 0 amide bonds. The molecule has 1 aromatic carbocycles. The Hall–Kier alpha value is -2.40. The van der Waals surface area contributed by atoms with Crippen molar-refractivity contribution >= 4 is 0 Å². The van der Waals surface area contributed by atoms with Crippen molar-refractivity contribution in [1.29, 1.82) is 0 Å². The maximum absolute atomic E-state index is 4.46. The number of fused-ring (bicyclic) bond motifs is 1. The summed E-state index contributed by atoms with van der Waals surface area (Å²) in [5, 5.41) is 7.10. The summed E-state index contributed by atoms with van der Waals surface area (Å²) in [7, 11) is 0. The van der Waals surface area contributed by atoms with Gasteiger partial charge in [0.15, 0.2) is 0 Å². The third kappa shape index (κ3) is 2.36. The van der Waals surface area contributed by atoms with Gasteiger partial charge in [-0.25, -0.2) is 4.98 Å². The molecule has 5 heteroatoms. The van der Waals surface area contributed by atoms with Crippen molar-refractivity contribution in [3.05, 3.63) is 72.1 Å². The quantitative estimate of drug-likeness (QED) is 0.800. The SMILES string of the molecule is c1ccc(C2Cn3ccnc3CN2Cc2ccn[nH]2)cc1. The number of nitrogens with zero attached hydrogens (tertiary/aromatic N) is 4. The monoisotopic (exact) mass is 279 g/mol. The fraction of sp³-hybridized carbons (Fsp3) is 0.250. The number of H-pyrrole nitrogens is 1. The largest absolute Gasteiger partial charge is 0.332 e. The summed E-state index contributed by atoms with van der Waals surface area (Å²) in [5.41, 5.74) is 2.48. The average molecular weight is 279 g/mol. The van der Waals surface area contributed by atoms with Crippen LogP contribution in [0.2, 0.25) is 0 Å². The molecule has 3 aromatic rings. The molecular weight excluding hydrogens is 262 g/mol. The Bertz CT molecular complexity index is 701. The molecule has 0 bridgehead atoms. The summed E-state index contributed by atoms with van der Waals surface area (Å²) in [6, 6.07) is 13.1. The topological polar surface area (TPSA) is 49.7 Å². The standard InChI is InChI=1S/C16H17N5/c1-2-4-13(5-3-1)15-11-20-9-8-17-16(20)12-21(15)10-14-6-7-18-19-14/h1-9,15H,10-12H2,(H,18,19). The summed E-state index contributed by atoms with van der Waals surface area (Å²) in [6.07, 6.45) is 5.76. The van der Waals surface area contributed by atoms with Crippen molar-refractivity contribution in [3.8, 4) is 0 Å². The highest BCUT2D eigenvalue weighted by atomic mass is 15.3. The number of imidazole rings is 1. The molecule has 106 valence electrons. The van der Waals surface area contributed by atoms with Gasteiger partial charge in [0.25, 0.3) is 0 Å². The minimum absolute atomic E-state index is 0.358. The number of rotatable bonds is 3. The van der Waals surface area contributed by atoms with E-state index in [1.54, 1.807) is 6.20 Å². The molecule has 3 heterocycles. The van der Waals surface area contributed by atoms with Crippen LogP contribution in [0.5, 0.6) is 0 Å². The van der Waals surface area contributed by atoms with Crippen LogP contribution in [0, 0.1) is 0 Å². The van der Waals surface area contributed by atoms with E-state index in [1.807, 2.05) is 12.3 Å². The van der Waals surface area contributed by atoms with Crippen LogP contribution in [0.3, 0.4) is 0 Å². The van der Waals surface area contributed by atoms with Crippen LogP contribution in [0.15, 0.2) is 55.0 Å². The van der Waals surface area contributed by atoms with Crippen LogP contribution in [0.25, 0.3) is 0 Å². The van der Waals surface area contributed by atoms with E-state index in [4.69, 9.17) is 0 Å². The van der Waals surface area contributed by atoms with Gasteiger partial charge in [0.05, 0.1) is 12.6 Å². The van der Waals surface area contributed by atoms with Gasteiger partial charge in [-0.15, -0.1) is 0 Å². The van der Waals surface area contributed by atoms with Gasteiger partial charge in [0.1, 0.15) is 5.82 Å². The van der Waals surface area contributed by atoms with Gasteiger partial charge < -0.3 is 4.57 Å². The van der Waals surface area contributed by atoms with Crippen LogP contribution >= 0.6 is 0 Å². The smallest absolute Gasteiger partial charge is 0.122 e. The number of benzene rings is 1. The summed E-state index contributed by atoms with van der Waals surface area (Å²) in [4.78, 5) is 6.91. The van der Waals surface area contributed by atoms with Crippen molar-refractivity contribution in [2.75, 3.05) is 0 Å². The third-order valence-electron chi connectivity index (χ3n) is 4.07. The molecule has 1 aliphatic rings. The van der Waals surface area contributed by atoms with Crippen LogP contribution in [-0.4, -0.2) is 24.6 Å². The summed E-state index contributed by atoms with van der Waals surface area (Å²) >= 11 is 0. The highest BCUT2D eigenvalue weighted by Gasteiger charge is 2.28. The molecule has 1 aliphatic heterocycles. The molecule has 0 saturated carbocycles. The van der Waals surface area contributed by atoms with E-state index in [9.17, 15) is 0 Å². The summed E-state index contributed by atoms with van der Waals surface area (Å²) in [6.45, 7) is 2.64. The lowest BCUT2D eigenvalue weighted by Gasteiger charge is -2.36. The molecule has 0 radical (unpaired) electrons. The fourth-order valence-corrected chi connectivity index (χ4v) is 3.00. The molecule has 2 aromatic heterocycles. The predicted octanol–water partition coefficient (Wildman–Crippen LogP) is 2.36. The highest BCUT2D eigenvalue weighted by molar-refractivity contribution is 5.21. The van der Waals surface area contributed by atoms with Gasteiger partial charge in [-0.05, 0) is 11.6 Å². The first-order valence-electron chi connectivity index (χ1n) is 7.17. The molecule has 0 saturated heterocycles. The Morgan fingerprint density at radius 1 is 1.14 bits per heavy atom. The van der Waals surface area contributed by atoms with Gasteiger partial charge in [-0.2, -0.15) is 5.10 Å². The maximum Gasteiger partial charge on any atom is 0.122 e. The molecule has 0 spiro atoms. The second-order valence-electron chi connectivity index (χ2n) is 5.41. The Morgan fingerprint density at radius 2 is 2.05 bits per heavy atom. The number of hydrogen-bond donors (Lipinski definition) is 1. The number of nitrogens with one attached hydrogen (secondary N) is 1. The van der Waals surface area contributed by atoms with Gasteiger partial charge in [-0.1, -0.05) is 30.3 Å². The first-order valence-corrected chi connectivity index (χ1v) is 7.17. The normalized spacial score (nSPS) is 18.6. The molecule has 1 unspecified atom stereocenters. The zero-order chi connectivity index (χ0) is 14.1. The van der Waals surface area contributed by atoms with Gasteiger partial charge >= 0.3 is 0 Å². The molecule has 0 aliphatic carbocycles. The highest BCUT2D eigenvalue weighted by Crippen LogP contribution is 2.30. The van der Waals surface area contributed by atoms with E-state index in [0.29, 0.717) is 6.04 Å². The predicted molar refractivity (Wildman–Crippen MR) is 79.2 cm³/mol. The lowest BCUT2D eigenvalue weighted by Crippen LogP contribution is -2.36. The van der Waals surface area contributed by atoms with Crippen molar-refractivity contribution in [2.45, 2.75) is 25.7 Å². The number of aromatic nitrogens is 4. The van der Waals surface area contributed by atoms with E-state index in [0.717, 1.165) is 31.2 Å². The Morgan fingerprint density at radius 3 is 2.86 bits per heavy atom. The summed E-state index contributed by atoms with van der Waals surface area (Å²) in [5.74, 6) is 1.13. The van der Waals surface area contributed by atoms with Crippen LogP contribution in [0.4, 0.5) is 0 Å². The molecule has 1 atom stereocenters. The fourth-order valence-electron chi connectivity index (χ4n) is 3.00. The zero-order valence-corrected chi connectivity index (χ0v) is 11.7. The zero-order valence-electron chi connectivity index (χ0n) is 11.7. The van der Waals surface area contributed by atoms with Crippen LogP contribution in [-0.2, 0) is 19.6 Å². The maximum atomic E-state index is 4.46. The Labute approximate surface area is 123 Å². The van der Waals surface area contributed by atoms with Crippen LogP contribution in [0.1, 0.15) is 23.1 Å². The molecular formula is C16H17N5. The van der Waals surface area contributed by atoms with Gasteiger partial charge in [-0.3, -0.25) is 10.00 Å². The second kappa shape index (κ2) is 5.18. The summed E-state index contributed by atoms with van der Waals surface area (Å²) < 4.78 is 2.25. The molecule has 1 N–H and O–H groups in total. The van der Waals surface area contributed by atoms with E-state index in [2.05, 4.69) is 61.2 Å². The van der Waals surface area contributed by atoms with E-state index < -0.39 is 0 Å². The van der Waals surface area contributed by atoms with E-state index in [1.165, 1.54) is 5.56 Å². The molecule has 5 nitrogen and oxygen atoms in total. The van der Waals surface area contributed by atoms with Crippen molar-refractivity contribution < 1.29 is 0 Å². The van der Waals surface area contributed by atoms with Crippen LogP contribution < -0.4 is 0 Å². The molecule has 0 fully saturated rings. The second-order valence-corrected chi connectivity index (χ2v) is 5.41.